The molecule has 0 heterocycles. The first-order chi connectivity index (χ1) is 15.8. The number of aliphatic hydroxyl groups is 1. The van der Waals surface area contributed by atoms with E-state index in [0.717, 1.165) is 17.9 Å². The van der Waals surface area contributed by atoms with Crippen LogP contribution in [0.3, 0.4) is 0 Å². The van der Waals surface area contributed by atoms with Gasteiger partial charge in [-0.2, -0.15) is 0 Å². The van der Waals surface area contributed by atoms with E-state index in [1.54, 1.807) is 37.3 Å². The van der Waals surface area contributed by atoms with Gasteiger partial charge in [-0.25, -0.2) is 17.2 Å². The van der Waals surface area contributed by atoms with Gasteiger partial charge in [0.15, 0.2) is 21.5 Å². The van der Waals surface area contributed by atoms with Crippen molar-refractivity contribution in [2.24, 2.45) is 4.99 Å². The summed E-state index contributed by atoms with van der Waals surface area (Å²) >= 11 is 0. The van der Waals surface area contributed by atoms with Gasteiger partial charge in [-0.3, -0.25) is 4.99 Å². The summed E-state index contributed by atoms with van der Waals surface area (Å²) in [5.74, 6) is -2.10. The number of hydrogen-bond acceptors (Lipinski definition) is 5. The summed E-state index contributed by atoms with van der Waals surface area (Å²) in [6.07, 6.45) is 0.967. The van der Waals surface area contributed by atoms with E-state index in [-0.39, 0.29) is 28.3 Å². The standard InChI is InChI=1S/C26H26F2N2O3S/c1-16-13-18(17-7-5-8-19(14-17)34(4,32)33)11-12-22(16)30-23(15-24(29)26(2,3)31)20-9-6-10-21(27)25(20)28/h5-14,29,31H,15H2,1-4H3. The highest BCUT2D eigenvalue weighted by Gasteiger charge is 2.24. The number of hydrogen-bond donors (Lipinski definition) is 2. The molecule has 3 aromatic carbocycles. The van der Waals surface area contributed by atoms with Crippen molar-refractivity contribution >= 4 is 26.9 Å². The second-order valence-electron chi connectivity index (χ2n) is 8.68. The highest BCUT2D eigenvalue weighted by atomic mass is 32.2. The lowest BCUT2D eigenvalue weighted by Crippen LogP contribution is -2.32. The molecule has 0 amide bonds. The second-order valence-corrected chi connectivity index (χ2v) is 10.7. The molecular formula is C26H26F2N2O3S. The van der Waals surface area contributed by atoms with Crippen LogP contribution in [0, 0.1) is 24.0 Å². The fourth-order valence-electron chi connectivity index (χ4n) is 3.32. The molecule has 8 heteroatoms. The molecule has 0 fully saturated rings. The molecule has 5 nitrogen and oxygen atoms in total. The quantitative estimate of drug-likeness (QED) is 0.425. The van der Waals surface area contributed by atoms with Crippen molar-refractivity contribution in [1.82, 2.24) is 0 Å². The van der Waals surface area contributed by atoms with E-state index in [0.29, 0.717) is 16.8 Å². The number of aliphatic imine (C=N–C) groups is 1. The van der Waals surface area contributed by atoms with E-state index in [2.05, 4.69) is 4.99 Å². The Morgan fingerprint density at radius 3 is 2.29 bits per heavy atom. The van der Waals surface area contributed by atoms with Gasteiger partial charge in [-0.1, -0.05) is 24.3 Å². The lowest BCUT2D eigenvalue weighted by atomic mass is 9.94. The molecule has 0 saturated heterocycles. The van der Waals surface area contributed by atoms with Gasteiger partial charge < -0.3 is 10.5 Å². The van der Waals surface area contributed by atoms with Crippen LogP contribution in [0.25, 0.3) is 11.1 Å². The van der Waals surface area contributed by atoms with Crippen LogP contribution in [-0.2, 0) is 9.84 Å². The fourth-order valence-corrected chi connectivity index (χ4v) is 3.98. The summed E-state index contributed by atoms with van der Waals surface area (Å²) in [5, 5.41) is 18.4. The number of rotatable bonds is 7. The number of halogens is 2. The van der Waals surface area contributed by atoms with E-state index in [4.69, 9.17) is 5.41 Å². The van der Waals surface area contributed by atoms with E-state index in [1.165, 1.54) is 32.0 Å². The molecule has 0 spiro atoms. The summed E-state index contributed by atoms with van der Waals surface area (Å²) in [6, 6.07) is 15.6. The molecule has 178 valence electrons. The monoisotopic (exact) mass is 484 g/mol. The predicted molar refractivity (Wildman–Crippen MR) is 131 cm³/mol. The van der Waals surface area contributed by atoms with Gasteiger partial charge in [0.1, 0.15) is 0 Å². The smallest absolute Gasteiger partial charge is 0.175 e. The van der Waals surface area contributed by atoms with Gasteiger partial charge in [-0.15, -0.1) is 0 Å². The molecule has 3 aromatic rings. The normalized spacial score (nSPS) is 12.6. The van der Waals surface area contributed by atoms with E-state index in [1.807, 2.05) is 6.07 Å². The van der Waals surface area contributed by atoms with Crippen LogP contribution in [-0.4, -0.2) is 36.8 Å². The Hall–Kier alpha value is -3.23. The van der Waals surface area contributed by atoms with Gasteiger partial charge in [0, 0.05) is 24.0 Å². The van der Waals surface area contributed by atoms with Crippen LogP contribution < -0.4 is 0 Å². The molecule has 0 aliphatic rings. The molecule has 0 bridgehead atoms. The molecule has 0 saturated carbocycles. The van der Waals surface area contributed by atoms with Crippen LogP contribution >= 0.6 is 0 Å². The summed E-state index contributed by atoms with van der Waals surface area (Å²) in [7, 11) is -3.36. The molecule has 0 radical (unpaired) electrons. The Morgan fingerprint density at radius 1 is 1.03 bits per heavy atom. The van der Waals surface area contributed by atoms with Crippen molar-refractivity contribution in [3.8, 4) is 11.1 Å². The van der Waals surface area contributed by atoms with Crippen LogP contribution in [0.5, 0.6) is 0 Å². The Bertz CT molecular complexity index is 1390. The zero-order valence-electron chi connectivity index (χ0n) is 19.4. The first-order valence-corrected chi connectivity index (χ1v) is 12.4. The molecule has 0 aliphatic carbocycles. The lowest BCUT2D eigenvalue weighted by Gasteiger charge is -2.20. The molecule has 34 heavy (non-hydrogen) atoms. The maximum atomic E-state index is 14.6. The molecular weight excluding hydrogens is 458 g/mol. The molecule has 2 N–H and O–H groups in total. The van der Waals surface area contributed by atoms with Gasteiger partial charge in [0.2, 0.25) is 0 Å². The number of sulfone groups is 1. The minimum Gasteiger partial charge on any atom is -0.385 e. The molecule has 0 aliphatic heterocycles. The third-order valence-corrected chi connectivity index (χ3v) is 6.50. The van der Waals surface area contributed by atoms with Crippen LogP contribution in [0.15, 0.2) is 70.6 Å². The summed E-state index contributed by atoms with van der Waals surface area (Å²) in [6.45, 7) is 4.68. The van der Waals surface area contributed by atoms with E-state index < -0.39 is 27.1 Å². The van der Waals surface area contributed by atoms with Crippen molar-refractivity contribution in [3.05, 3.63) is 83.4 Å². The van der Waals surface area contributed by atoms with E-state index >= 15 is 0 Å². The zero-order valence-corrected chi connectivity index (χ0v) is 20.2. The Kier molecular flexibility index (Phi) is 7.14. The van der Waals surface area contributed by atoms with Gasteiger partial charge in [-0.05, 0) is 73.9 Å². The summed E-state index contributed by atoms with van der Waals surface area (Å²) in [4.78, 5) is 4.74. The highest BCUT2D eigenvalue weighted by Crippen LogP contribution is 2.29. The fraction of sp³-hybridized carbons (Fsp3) is 0.231. The van der Waals surface area contributed by atoms with Crippen molar-refractivity contribution in [1.29, 1.82) is 5.41 Å². The van der Waals surface area contributed by atoms with Gasteiger partial charge in [0.25, 0.3) is 0 Å². The van der Waals surface area contributed by atoms with Gasteiger partial charge >= 0.3 is 0 Å². The van der Waals surface area contributed by atoms with Crippen molar-refractivity contribution in [3.63, 3.8) is 0 Å². The average Bonchev–Trinajstić information content (AvgIpc) is 2.75. The Morgan fingerprint density at radius 2 is 1.68 bits per heavy atom. The van der Waals surface area contributed by atoms with Crippen LogP contribution in [0.2, 0.25) is 0 Å². The molecule has 0 atom stereocenters. The maximum absolute atomic E-state index is 14.6. The topological polar surface area (TPSA) is 90.6 Å². The summed E-state index contributed by atoms with van der Waals surface area (Å²) in [5.41, 5.74) is 1.15. The van der Waals surface area contributed by atoms with Crippen molar-refractivity contribution in [2.45, 2.75) is 37.7 Å². The molecule has 3 rings (SSSR count). The lowest BCUT2D eigenvalue weighted by molar-refractivity contribution is 0.151. The minimum absolute atomic E-state index is 0.0849. The Labute approximate surface area is 198 Å². The Balaban J connectivity index is 2.08. The number of nitrogens with zero attached hydrogens (tertiary/aromatic N) is 1. The third kappa shape index (κ3) is 5.81. The SMILES string of the molecule is Cc1cc(-c2cccc(S(C)(=O)=O)c2)ccc1N=C(CC(=N)C(C)(C)O)c1cccc(F)c1F. The second kappa shape index (κ2) is 9.56. The van der Waals surface area contributed by atoms with Crippen LogP contribution in [0.1, 0.15) is 31.4 Å². The van der Waals surface area contributed by atoms with Crippen molar-refractivity contribution < 1.29 is 22.3 Å². The predicted octanol–water partition coefficient (Wildman–Crippen LogP) is 5.65. The first-order valence-electron chi connectivity index (χ1n) is 10.5. The minimum atomic E-state index is -3.36. The van der Waals surface area contributed by atoms with Crippen LogP contribution in [0.4, 0.5) is 14.5 Å². The van der Waals surface area contributed by atoms with E-state index in [9.17, 15) is 22.3 Å². The summed E-state index contributed by atoms with van der Waals surface area (Å²) < 4.78 is 52.3. The average molecular weight is 485 g/mol. The third-order valence-electron chi connectivity index (χ3n) is 5.39. The zero-order chi connectivity index (χ0) is 25.3. The highest BCUT2D eigenvalue weighted by molar-refractivity contribution is 7.90. The van der Waals surface area contributed by atoms with Gasteiger partial charge in [0.05, 0.1) is 21.9 Å². The maximum Gasteiger partial charge on any atom is 0.175 e. The van der Waals surface area contributed by atoms with Crippen molar-refractivity contribution in [2.75, 3.05) is 6.26 Å². The number of benzene rings is 3. The first kappa shape index (κ1) is 25.4. The number of aryl methyl sites for hydroxylation is 1. The largest absolute Gasteiger partial charge is 0.385 e. The number of nitrogens with one attached hydrogen (secondary N) is 1. The molecule has 0 aromatic heterocycles. The molecule has 0 unspecified atom stereocenters.